The molecule has 1 aromatic carbocycles. The normalized spacial score (nSPS) is 11.2. The molecule has 134 valence electrons. The van der Waals surface area contributed by atoms with Gasteiger partial charge >= 0.3 is 5.97 Å². The smallest absolute Gasteiger partial charge is 0.331 e. The van der Waals surface area contributed by atoms with Crippen LogP contribution in [0.5, 0.6) is 0 Å². The van der Waals surface area contributed by atoms with Gasteiger partial charge in [-0.3, -0.25) is 0 Å². The van der Waals surface area contributed by atoms with Gasteiger partial charge in [0.1, 0.15) is 0 Å². The molecule has 6 heteroatoms. The van der Waals surface area contributed by atoms with Crippen molar-refractivity contribution in [2.24, 2.45) is 0 Å². The number of thiophene rings is 1. The highest BCUT2D eigenvalue weighted by Crippen LogP contribution is 2.30. The van der Waals surface area contributed by atoms with E-state index in [-0.39, 0.29) is 12.5 Å². The van der Waals surface area contributed by atoms with E-state index in [1.165, 1.54) is 22.1 Å². The fraction of sp³-hybridized carbons (Fsp3) is 0.250. The van der Waals surface area contributed by atoms with Crippen LogP contribution in [0.25, 0.3) is 16.8 Å². The summed E-state index contributed by atoms with van der Waals surface area (Å²) in [5, 5.41) is 7.99. The van der Waals surface area contributed by atoms with E-state index in [1.54, 1.807) is 17.4 Å². The molecular weight excluding hydrogens is 348 g/mol. The van der Waals surface area contributed by atoms with E-state index in [0.717, 1.165) is 16.9 Å². The molecule has 0 bridgehead atoms. The number of nitrogens with zero attached hydrogens (tertiary/aromatic N) is 2. The van der Waals surface area contributed by atoms with Crippen molar-refractivity contribution in [3.63, 3.8) is 0 Å². The molecule has 0 aliphatic heterocycles. The Morgan fingerprint density at radius 1 is 1.23 bits per heavy atom. The van der Waals surface area contributed by atoms with Crippen LogP contribution in [0.4, 0.5) is 0 Å². The SMILES string of the molecule is CCc1sc(-c2nnc(COC(=O)/C=C/c3ccc(C)cc3)o2)cc1C. The molecule has 0 spiro atoms. The molecule has 0 radical (unpaired) electrons. The minimum absolute atomic E-state index is 0.0466. The number of esters is 1. The van der Waals surface area contributed by atoms with Gasteiger partial charge in [0.2, 0.25) is 0 Å². The second-order valence-electron chi connectivity index (χ2n) is 5.92. The molecule has 0 atom stereocenters. The lowest BCUT2D eigenvalue weighted by Crippen LogP contribution is -2.00. The minimum Gasteiger partial charge on any atom is -0.452 e. The van der Waals surface area contributed by atoms with Gasteiger partial charge in [0, 0.05) is 11.0 Å². The Labute approximate surface area is 156 Å². The summed E-state index contributed by atoms with van der Waals surface area (Å²) in [7, 11) is 0. The first-order valence-corrected chi connectivity index (χ1v) is 9.20. The monoisotopic (exact) mass is 368 g/mol. The van der Waals surface area contributed by atoms with E-state index in [1.807, 2.05) is 37.3 Å². The molecule has 0 saturated carbocycles. The van der Waals surface area contributed by atoms with E-state index >= 15 is 0 Å². The molecule has 0 N–H and O–H groups in total. The van der Waals surface area contributed by atoms with Gasteiger partial charge in [-0.25, -0.2) is 4.79 Å². The zero-order chi connectivity index (χ0) is 18.5. The number of rotatable bonds is 6. The lowest BCUT2D eigenvalue weighted by molar-refractivity contribution is -0.139. The van der Waals surface area contributed by atoms with Crippen molar-refractivity contribution in [3.8, 4) is 10.8 Å². The molecule has 2 aromatic heterocycles. The Balaban J connectivity index is 1.57. The molecule has 2 heterocycles. The Morgan fingerprint density at radius 3 is 2.69 bits per heavy atom. The van der Waals surface area contributed by atoms with E-state index in [0.29, 0.717) is 5.89 Å². The predicted molar refractivity (Wildman–Crippen MR) is 102 cm³/mol. The van der Waals surface area contributed by atoms with Crippen molar-refractivity contribution in [3.05, 3.63) is 63.9 Å². The van der Waals surface area contributed by atoms with Gasteiger partial charge in [0.05, 0.1) is 4.88 Å². The van der Waals surface area contributed by atoms with Gasteiger partial charge in [-0.1, -0.05) is 36.8 Å². The van der Waals surface area contributed by atoms with Gasteiger partial charge < -0.3 is 9.15 Å². The van der Waals surface area contributed by atoms with E-state index in [4.69, 9.17) is 9.15 Å². The summed E-state index contributed by atoms with van der Waals surface area (Å²) in [6.07, 6.45) is 4.07. The maximum Gasteiger partial charge on any atom is 0.331 e. The third-order valence-corrected chi connectivity index (χ3v) is 5.22. The zero-order valence-electron chi connectivity index (χ0n) is 15.0. The van der Waals surface area contributed by atoms with Crippen LogP contribution in [0.3, 0.4) is 0 Å². The number of carbonyl (C=O) groups excluding carboxylic acids is 1. The largest absolute Gasteiger partial charge is 0.452 e. The Hall–Kier alpha value is -2.73. The Morgan fingerprint density at radius 2 is 2.00 bits per heavy atom. The third kappa shape index (κ3) is 4.46. The second-order valence-corrected chi connectivity index (χ2v) is 7.06. The van der Waals surface area contributed by atoms with Crippen LogP contribution in [0.2, 0.25) is 0 Å². The van der Waals surface area contributed by atoms with Gasteiger partial charge in [0.25, 0.3) is 11.8 Å². The number of aryl methyl sites for hydroxylation is 3. The molecule has 0 fully saturated rings. The summed E-state index contributed by atoms with van der Waals surface area (Å²) < 4.78 is 10.8. The van der Waals surface area contributed by atoms with Crippen molar-refractivity contribution in [1.82, 2.24) is 10.2 Å². The highest BCUT2D eigenvalue weighted by atomic mass is 32.1. The average molecular weight is 368 g/mol. The Kier molecular flexibility index (Phi) is 5.63. The van der Waals surface area contributed by atoms with Crippen molar-refractivity contribution in [2.45, 2.75) is 33.8 Å². The van der Waals surface area contributed by atoms with Crippen LogP contribution in [-0.2, 0) is 22.6 Å². The third-order valence-electron chi connectivity index (χ3n) is 3.85. The van der Waals surface area contributed by atoms with Crippen LogP contribution in [-0.4, -0.2) is 16.2 Å². The van der Waals surface area contributed by atoms with Gasteiger partial charge in [-0.2, -0.15) is 0 Å². The molecule has 0 amide bonds. The fourth-order valence-corrected chi connectivity index (χ4v) is 3.45. The second kappa shape index (κ2) is 8.10. The topological polar surface area (TPSA) is 65.2 Å². The van der Waals surface area contributed by atoms with Crippen molar-refractivity contribution in [2.75, 3.05) is 0 Å². The Bertz CT molecular complexity index is 923. The molecule has 0 aliphatic carbocycles. The van der Waals surface area contributed by atoms with Crippen LogP contribution >= 0.6 is 11.3 Å². The molecule has 0 aliphatic rings. The van der Waals surface area contributed by atoms with Crippen molar-refractivity contribution in [1.29, 1.82) is 0 Å². The summed E-state index contributed by atoms with van der Waals surface area (Å²) in [6.45, 7) is 6.15. The molecular formula is C20H20N2O3S. The summed E-state index contributed by atoms with van der Waals surface area (Å²) in [6, 6.07) is 9.90. The molecule has 5 nitrogen and oxygen atoms in total. The predicted octanol–water partition coefficient (Wildman–Crippen LogP) is 4.73. The number of aromatic nitrogens is 2. The number of hydrogen-bond acceptors (Lipinski definition) is 6. The van der Waals surface area contributed by atoms with Crippen molar-refractivity contribution < 1.29 is 13.9 Å². The fourth-order valence-electron chi connectivity index (χ4n) is 2.41. The maximum absolute atomic E-state index is 11.8. The van der Waals surface area contributed by atoms with E-state index < -0.39 is 5.97 Å². The first kappa shape index (κ1) is 18.1. The standard InChI is InChI=1S/C20H20N2O3S/c1-4-16-14(3)11-17(26-16)20-22-21-18(25-20)12-24-19(23)10-9-15-7-5-13(2)6-8-15/h5-11H,4,12H2,1-3H3/b10-9+. The van der Waals surface area contributed by atoms with Crippen LogP contribution in [0.1, 0.15) is 34.4 Å². The summed E-state index contributed by atoms with van der Waals surface area (Å²) in [5.74, 6) is 0.283. The molecule has 3 aromatic rings. The van der Waals surface area contributed by atoms with Crippen LogP contribution in [0.15, 0.2) is 40.8 Å². The first-order valence-electron chi connectivity index (χ1n) is 8.38. The number of hydrogen-bond donors (Lipinski definition) is 0. The lowest BCUT2D eigenvalue weighted by atomic mass is 10.1. The lowest BCUT2D eigenvalue weighted by Gasteiger charge is -1.97. The first-order chi connectivity index (χ1) is 12.5. The molecule has 0 saturated heterocycles. The average Bonchev–Trinajstić information content (AvgIpc) is 3.25. The summed E-state index contributed by atoms with van der Waals surface area (Å²) in [5.41, 5.74) is 3.33. The highest BCUT2D eigenvalue weighted by Gasteiger charge is 2.13. The van der Waals surface area contributed by atoms with Crippen LogP contribution in [0, 0.1) is 13.8 Å². The minimum atomic E-state index is -0.453. The number of benzene rings is 1. The molecule has 26 heavy (non-hydrogen) atoms. The van der Waals surface area contributed by atoms with Gasteiger partial charge in [-0.15, -0.1) is 21.5 Å². The number of carbonyl (C=O) groups is 1. The zero-order valence-corrected chi connectivity index (χ0v) is 15.8. The quantitative estimate of drug-likeness (QED) is 0.465. The van der Waals surface area contributed by atoms with Crippen molar-refractivity contribution >= 4 is 23.4 Å². The van der Waals surface area contributed by atoms with E-state index in [9.17, 15) is 4.79 Å². The maximum atomic E-state index is 11.8. The molecule has 3 rings (SSSR count). The number of ether oxygens (including phenoxy) is 1. The van der Waals surface area contributed by atoms with Crippen LogP contribution < -0.4 is 0 Å². The molecule has 0 unspecified atom stereocenters. The van der Waals surface area contributed by atoms with Gasteiger partial charge in [-0.05, 0) is 43.5 Å². The van der Waals surface area contributed by atoms with E-state index in [2.05, 4.69) is 24.0 Å². The summed E-state index contributed by atoms with van der Waals surface area (Å²) in [4.78, 5) is 14.1. The summed E-state index contributed by atoms with van der Waals surface area (Å²) >= 11 is 1.64. The highest BCUT2D eigenvalue weighted by molar-refractivity contribution is 7.15. The van der Waals surface area contributed by atoms with Gasteiger partial charge in [0.15, 0.2) is 6.61 Å².